The van der Waals surface area contributed by atoms with Gasteiger partial charge in [-0.15, -0.1) is 0 Å². The average molecular weight is 310 g/mol. The van der Waals surface area contributed by atoms with Crippen molar-refractivity contribution in [3.63, 3.8) is 0 Å². The first-order valence-corrected chi connectivity index (χ1v) is 9.50. The SMILES string of the molecule is CCCS(=O)(=O)c1ccccc1N1CCCC(CCN)C1. The van der Waals surface area contributed by atoms with E-state index >= 15 is 0 Å². The van der Waals surface area contributed by atoms with Crippen molar-refractivity contribution in [2.75, 3.05) is 30.3 Å². The first-order chi connectivity index (χ1) is 10.1. The van der Waals surface area contributed by atoms with E-state index in [1.165, 1.54) is 6.42 Å². The van der Waals surface area contributed by atoms with Crippen LogP contribution in [0.4, 0.5) is 5.69 Å². The molecule has 2 rings (SSSR count). The number of hydrogen-bond donors (Lipinski definition) is 1. The highest BCUT2D eigenvalue weighted by Gasteiger charge is 2.25. The van der Waals surface area contributed by atoms with Crippen LogP contribution in [0.2, 0.25) is 0 Å². The summed E-state index contributed by atoms with van der Waals surface area (Å²) in [5.41, 5.74) is 6.54. The van der Waals surface area contributed by atoms with Crippen LogP contribution in [0.15, 0.2) is 29.2 Å². The Hall–Kier alpha value is -1.07. The third kappa shape index (κ3) is 3.98. The summed E-state index contributed by atoms with van der Waals surface area (Å²) in [6, 6.07) is 7.42. The maximum atomic E-state index is 12.5. The zero-order valence-electron chi connectivity index (χ0n) is 12.8. The lowest BCUT2D eigenvalue weighted by atomic mass is 9.94. The quantitative estimate of drug-likeness (QED) is 0.876. The fraction of sp³-hybridized carbons (Fsp3) is 0.625. The second-order valence-corrected chi connectivity index (χ2v) is 7.90. The minimum Gasteiger partial charge on any atom is -0.370 e. The van der Waals surface area contributed by atoms with Gasteiger partial charge in [0.15, 0.2) is 9.84 Å². The van der Waals surface area contributed by atoms with Crippen molar-refractivity contribution in [3.8, 4) is 0 Å². The second-order valence-electron chi connectivity index (χ2n) is 5.82. The monoisotopic (exact) mass is 310 g/mol. The average Bonchev–Trinajstić information content (AvgIpc) is 2.48. The standard InChI is InChI=1S/C16H26N2O2S/c1-2-12-21(19,20)16-8-4-3-7-15(16)18-11-5-6-14(13-18)9-10-17/h3-4,7-8,14H,2,5-6,9-13,17H2,1H3. The molecular weight excluding hydrogens is 284 g/mol. The highest BCUT2D eigenvalue weighted by molar-refractivity contribution is 7.91. The lowest BCUT2D eigenvalue weighted by molar-refractivity contribution is 0.395. The van der Waals surface area contributed by atoms with Gasteiger partial charge < -0.3 is 10.6 Å². The molecule has 21 heavy (non-hydrogen) atoms. The van der Waals surface area contributed by atoms with Crippen LogP contribution in [0, 0.1) is 5.92 Å². The Kier molecular flexibility index (Phi) is 5.65. The third-order valence-electron chi connectivity index (χ3n) is 4.11. The summed E-state index contributed by atoms with van der Waals surface area (Å²) in [5.74, 6) is 0.787. The summed E-state index contributed by atoms with van der Waals surface area (Å²) in [5, 5.41) is 0. The van der Waals surface area contributed by atoms with Gasteiger partial charge in [0.25, 0.3) is 0 Å². The topological polar surface area (TPSA) is 63.4 Å². The number of nitrogens with two attached hydrogens (primary N) is 1. The molecular formula is C16H26N2O2S. The zero-order valence-corrected chi connectivity index (χ0v) is 13.6. The van der Waals surface area contributed by atoms with Gasteiger partial charge in [-0.2, -0.15) is 0 Å². The number of rotatable bonds is 6. The van der Waals surface area contributed by atoms with Gasteiger partial charge in [-0.3, -0.25) is 0 Å². The van der Waals surface area contributed by atoms with Crippen LogP contribution in [0.3, 0.4) is 0 Å². The Labute approximate surface area is 128 Å². The number of nitrogens with zero attached hydrogens (tertiary/aromatic N) is 1. The normalized spacial score (nSPS) is 19.7. The number of benzene rings is 1. The van der Waals surface area contributed by atoms with Crippen molar-refractivity contribution >= 4 is 15.5 Å². The summed E-state index contributed by atoms with van der Waals surface area (Å²) >= 11 is 0. The van der Waals surface area contributed by atoms with Gasteiger partial charge in [-0.1, -0.05) is 19.1 Å². The molecule has 1 aliphatic heterocycles. The third-order valence-corrected chi connectivity index (χ3v) is 6.07. The van der Waals surface area contributed by atoms with Crippen molar-refractivity contribution in [1.29, 1.82) is 0 Å². The second kappa shape index (κ2) is 7.27. The van der Waals surface area contributed by atoms with Crippen LogP contribution in [-0.4, -0.2) is 33.8 Å². The van der Waals surface area contributed by atoms with E-state index in [9.17, 15) is 8.42 Å². The van der Waals surface area contributed by atoms with Gasteiger partial charge in [0.05, 0.1) is 16.3 Å². The molecule has 2 N–H and O–H groups in total. The Bertz CT molecular complexity index is 555. The van der Waals surface area contributed by atoms with Crippen LogP contribution < -0.4 is 10.6 Å². The molecule has 1 saturated heterocycles. The molecule has 0 saturated carbocycles. The van der Waals surface area contributed by atoms with E-state index in [1.807, 2.05) is 25.1 Å². The molecule has 1 fully saturated rings. The Morgan fingerprint density at radius 2 is 2.10 bits per heavy atom. The Morgan fingerprint density at radius 3 is 2.81 bits per heavy atom. The van der Waals surface area contributed by atoms with Crippen molar-refractivity contribution in [1.82, 2.24) is 0 Å². The zero-order chi connectivity index (χ0) is 15.3. The van der Waals surface area contributed by atoms with E-state index in [-0.39, 0.29) is 5.75 Å². The van der Waals surface area contributed by atoms with Crippen molar-refractivity contribution in [3.05, 3.63) is 24.3 Å². The number of anilines is 1. The first kappa shape index (κ1) is 16.3. The molecule has 0 amide bonds. The van der Waals surface area contributed by atoms with Crippen LogP contribution in [-0.2, 0) is 9.84 Å². The molecule has 0 aromatic heterocycles. The predicted octanol–water partition coefficient (Wildman–Crippen LogP) is 2.44. The molecule has 1 aliphatic rings. The van der Waals surface area contributed by atoms with Crippen LogP contribution in [0.1, 0.15) is 32.6 Å². The first-order valence-electron chi connectivity index (χ1n) is 7.85. The molecule has 1 unspecified atom stereocenters. The Morgan fingerprint density at radius 1 is 1.33 bits per heavy atom. The summed E-state index contributed by atoms with van der Waals surface area (Å²) in [7, 11) is -3.19. The number of piperidine rings is 1. The van der Waals surface area contributed by atoms with E-state index in [4.69, 9.17) is 5.73 Å². The van der Waals surface area contributed by atoms with E-state index in [1.54, 1.807) is 6.07 Å². The molecule has 1 aromatic rings. The molecule has 5 heteroatoms. The lowest BCUT2D eigenvalue weighted by Crippen LogP contribution is -2.37. The fourth-order valence-corrected chi connectivity index (χ4v) is 4.67. The van der Waals surface area contributed by atoms with E-state index < -0.39 is 9.84 Å². The van der Waals surface area contributed by atoms with Crippen molar-refractivity contribution in [2.45, 2.75) is 37.5 Å². The maximum Gasteiger partial charge on any atom is 0.180 e. The highest BCUT2D eigenvalue weighted by atomic mass is 32.2. The number of hydrogen-bond acceptors (Lipinski definition) is 4. The summed E-state index contributed by atoms with van der Waals surface area (Å²) < 4.78 is 24.9. The van der Waals surface area contributed by atoms with E-state index in [0.717, 1.165) is 31.6 Å². The van der Waals surface area contributed by atoms with Gasteiger partial charge in [-0.25, -0.2) is 8.42 Å². The molecule has 1 atom stereocenters. The van der Waals surface area contributed by atoms with Gasteiger partial charge >= 0.3 is 0 Å². The summed E-state index contributed by atoms with van der Waals surface area (Å²) in [6.45, 7) is 4.45. The van der Waals surface area contributed by atoms with Crippen LogP contribution in [0.25, 0.3) is 0 Å². The molecule has 4 nitrogen and oxygen atoms in total. The van der Waals surface area contributed by atoms with Crippen LogP contribution in [0.5, 0.6) is 0 Å². The smallest absolute Gasteiger partial charge is 0.180 e. The van der Waals surface area contributed by atoms with Crippen molar-refractivity contribution in [2.24, 2.45) is 11.7 Å². The molecule has 0 spiro atoms. The van der Waals surface area contributed by atoms with E-state index in [0.29, 0.717) is 23.8 Å². The summed E-state index contributed by atoms with van der Waals surface area (Å²) in [6.07, 6.45) is 3.96. The minimum absolute atomic E-state index is 0.212. The largest absolute Gasteiger partial charge is 0.370 e. The summed E-state index contributed by atoms with van der Waals surface area (Å²) in [4.78, 5) is 2.71. The predicted molar refractivity (Wildman–Crippen MR) is 87.4 cm³/mol. The molecule has 1 aromatic carbocycles. The van der Waals surface area contributed by atoms with Gasteiger partial charge in [-0.05, 0) is 50.3 Å². The lowest BCUT2D eigenvalue weighted by Gasteiger charge is -2.35. The van der Waals surface area contributed by atoms with Gasteiger partial charge in [0.2, 0.25) is 0 Å². The molecule has 0 bridgehead atoms. The Balaban J connectivity index is 2.27. The minimum atomic E-state index is -3.19. The van der Waals surface area contributed by atoms with Gasteiger partial charge in [0, 0.05) is 13.1 Å². The van der Waals surface area contributed by atoms with Crippen molar-refractivity contribution < 1.29 is 8.42 Å². The number of para-hydroxylation sites is 1. The molecule has 1 heterocycles. The van der Waals surface area contributed by atoms with Crippen LogP contribution >= 0.6 is 0 Å². The molecule has 0 radical (unpaired) electrons. The fourth-order valence-electron chi connectivity index (χ4n) is 3.12. The highest BCUT2D eigenvalue weighted by Crippen LogP contribution is 2.30. The maximum absolute atomic E-state index is 12.5. The molecule has 0 aliphatic carbocycles. The van der Waals surface area contributed by atoms with E-state index in [2.05, 4.69) is 4.90 Å². The number of sulfone groups is 1. The molecule has 118 valence electrons. The van der Waals surface area contributed by atoms with Gasteiger partial charge in [0.1, 0.15) is 0 Å².